The molecule has 4 aromatic carbocycles. The number of ether oxygens (including phenoxy) is 3. The van der Waals surface area contributed by atoms with Gasteiger partial charge in [0.15, 0.2) is 5.11 Å². The maximum atomic E-state index is 10.9. The van der Waals surface area contributed by atoms with Crippen LogP contribution in [0.3, 0.4) is 0 Å². The van der Waals surface area contributed by atoms with Crippen molar-refractivity contribution in [2.45, 2.75) is 12.5 Å². The molecular formula is C29H27N3O4S. The van der Waals surface area contributed by atoms with Crippen LogP contribution in [-0.4, -0.2) is 42.3 Å². The molecule has 1 aliphatic rings. The summed E-state index contributed by atoms with van der Waals surface area (Å²) in [6.45, 7) is 0. The predicted molar refractivity (Wildman–Crippen MR) is 150 cm³/mol. The lowest BCUT2D eigenvalue weighted by molar-refractivity contribution is 0.377. The number of rotatable bonds is 6. The first kappa shape index (κ1) is 24.4. The van der Waals surface area contributed by atoms with Gasteiger partial charge < -0.3 is 24.6 Å². The number of methoxy groups -OCH3 is 3. The molecule has 0 saturated heterocycles. The van der Waals surface area contributed by atoms with Crippen LogP contribution in [0.4, 0.5) is 5.69 Å². The van der Waals surface area contributed by atoms with Gasteiger partial charge in [-0.1, -0.05) is 54.6 Å². The predicted octanol–water partition coefficient (Wildman–Crippen LogP) is 6.12. The largest absolute Gasteiger partial charge is 0.507 e. The summed E-state index contributed by atoms with van der Waals surface area (Å²) >= 11 is 5.88. The fraction of sp³-hybridized carbons (Fsp3) is 0.172. The Hall–Kier alpha value is -4.30. The Kier molecular flexibility index (Phi) is 6.83. The van der Waals surface area contributed by atoms with Gasteiger partial charge >= 0.3 is 0 Å². The number of fused-ring (bicyclic) bond motifs is 1. The van der Waals surface area contributed by atoms with Crippen LogP contribution in [-0.2, 0) is 0 Å². The summed E-state index contributed by atoms with van der Waals surface area (Å²) in [5.74, 6) is 1.66. The van der Waals surface area contributed by atoms with E-state index in [0.717, 1.165) is 22.0 Å². The number of hydrazone groups is 1. The highest BCUT2D eigenvalue weighted by molar-refractivity contribution is 7.80. The van der Waals surface area contributed by atoms with Gasteiger partial charge in [0.25, 0.3) is 0 Å². The van der Waals surface area contributed by atoms with Gasteiger partial charge in [-0.3, -0.25) is 0 Å². The summed E-state index contributed by atoms with van der Waals surface area (Å²) in [4.78, 5) is 0. The van der Waals surface area contributed by atoms with E-state index in [-0.39, 0.29) is 11.8 Å². The molecule has 8 heteroatoms. The minimum Gasteiger partial charge on any atom is -0.507 e. The molecule has 188 valence electrons. The number of para-hydroxylation sites is 2. The normalized spacial score (nSPS) is 14.8. The number of benzene rings is 4. The average Bonchev–Trinajstić information content (AvgIpc) is 3.37. The highest BCUT2D eigenvalue weighted by Gasteiger charge is 2.35. The number of hydrogen-bond acceptors (Lipinski definition) is 6. The second-order valence-corrected chi connectivity index (χ2v) is 8.92. The van der Waals surface area contributed by atoms with E-state index < -0.39 is 0 Å². The summed E-state index contributed by atoms with van der Waals surface area (Å²) in [6, 6.07) is 25.1. The van der Waals surface area contributed by atoms with Crippen LogP contribution in [0.15, 0.2) is 84.0 Å². The maximum absolute atomic E-state index is 10.9. The smallest absolute Gasteiger partial charge is 0.194 e. The number of thiocarbonyl (C=S) groups is 1. The van der Waals surface area contributed by atoms with E-state index in [1.54, 1.807) is 38.5 Å². The average molecular weight is 514 g/mol. The molecule has 0 amide bonds. The molecule has 1 unspecified atom stereocenters. The third-order valence-corrected chi connectivity index (χ3v) is 6.74. The van der Waals surface area contributed by atoms with Crippen molar-refractivity contribution < 1.29 is 19.3 Å². The van der Waals surface area contributed by atoms with Gasteiger partial charge in [-0.25, -0.2) is 5.01 Å². The molecular weight excluding hydrogens is 486 g/mol. The highest BCUT2D eigenvalue weighted by Crippen LogP contribution is 2.42. The quantitative estimate of drug-likeness (QED) is 0.301. The third-order valence-electron chi connectivity index (χ3n) is 6.45. The Morgan fingerprint density at radius 1 is 0.919 bits per heavy atom. The Balaban J connectivity index is 1.61. The molecule has 1 heterocycles. The third kappa shape index (κ3) is 4.63. The molecule has 0 aliphatic carbocycles. The van der Waals surface area contributed by atoms with Crippen LogP contribution in [0.25, 0.3) is 10.8 Å². The fourth-order valence-electron chi connectivity index (χ4n) is 4.70. The van der Waals surface area contributed by atoms with Crippen LogP contribution in [0.5, 0.6) is 23.0 Å². The minimum atomic E-state index is -0.220. The van der Waals surface area contributed by atoms with Crippen molar-refractivity contribution in [1.82, 2.24) is 5.01 Å². The number of hydrogen-bond donors (Lipinski definition) is 2. The van der Waals surface area contributed by atoms with Gasteiger partial charge in [0.1, 0.15) is 23.0 Å². The summed E-state index contributed by atoms with van der Waals surface area (Å²) in [5, 5.41) is 23.6. The first-order valence-electron chi connectivity index (χ1n) is 11.8. The minimum absolute atomic E-state index is 0.0251. The van der Waals surface area contributed by atoms with E-state index in [4.69, 9.17) is 31.5 Å². The molecule has 1 aliphatic heterocycles. The van der Waals surface area contributed by atoms with E-state index in [0.29, 0.717) is 40.1 Å². The molecule has 0 spiro atoms. The molecule has 4 aromatic rings. The van der Waals surface area contributed by atoms with E-state index >= 15 is 0 Å². The lowest BCUT2D eigenvalue weighted by Gasteiger charge is -2.26. The molecule has 0 aromatic heterocycles. The lowest BCUT2D eigenvalue weighted by atomic mass is 9.93. The van der Waals surface area contributed by atoms with Gasteiger partial charge in [-0.05, 0) is 40.7 Å². The Bertz CT molecular complexity index is 1500. The van der Waals surface area contributed by atoms with Gasteiger partial charge in [0.2, 0.25) is 0 Å². The van der Waals surface area contributed by atoms with Crippen molar-refractivity contribution >= 4 is 39.5 Å². The number of anilines is 1. The van der Waals surface area contributed by atoms with Crippen molar-refractivity contribution in [2.75, 3.05) is 26.6 Å². The molecule has 1 atom stereocenters. The lowest BCUT2D eigenvalue weighted by Crippen LogP contribution is -2.31. The van der Waals surface area contributed by atoms with Gasteiger partial charge in [-0.15, -0.1) is 0 Å². The van der Waals surface area contributed by atoms with E-state index in [1.165, 1.54) is 0 Å². The molecule has 0 saturated carbocycles. The molecule has 37 heavy (non-hydrogen) atoms. The molecule has 0 radical (unpaired) electrons. The highest BCUT2D eigenvalue weighted by atomic mass is 32.1. The van der Waals surface area contributed by atoms with Crippen molar-refractivity contribution in [1.29, 1.82) is 0 Å². The second-order valence-electron chi connectivity index (χ2n) is 8.53. The number of aromatic hydroxyl groups is 1. The number of nitrogens with zero attached hydrogens (tertiary/aromatic N) is 2. The molecule has 2 N–H and O–H groups in total. The van der Waals surface area contributed by atoms with Gasteiger partial charge in [0.05, 0.1) is 44.3 Å². The summed E-state index contributed by atoms with van der Waals surface area (Å²) in [7, 11) is 4.72. The zero-order valence-corrected chi connectivity index (χ0v) is 21.6. The first-order valence-corrected chi connectivity index (χ1v) is 12.2. The van der Waals surface area contributed by atoms with E-state index in [9.17, 15) is 5.11 Å². The second kappa shape index (κ2) is 10.4. The number of phenolic OH excluding ortho intramolecular Hbond substituents is 1. The van der Waals surface area contributed by atoms with Gasteiger partial charge in [-0.2, -0.15) is 5.10 Å². The number of nitrogens with one attached hydrogen (secondary N) is 1. The number of phenols is 1. The zero-order valence-electron chi connectivity index (χ0n) is 20.8. The van der Waals surface area contributed by atoms with Crippen molar-refractivity contribution in [3.8, 4) is 23.0 Å². The molecule has 0 bridgehead atoms. The first-order chi connectivity index (χ1) is 18.0. The summed E-state index contributed by atoms with van der Waals surface area (Å²) < 4.78 is 16.4. The molecule has 0 fully saturated rings. The standard InChI is InChI=1S/C29H27N3O4S/c1-34-19-15-25(33)28(27(16-19)36-3)23-17-24(21-12-8-10-18-9-4-5-11-20(18)21)32(31-23)29(37)30-22-13-6-7-14-26(22)35-2/h4-16,24,33H,17H2,1-3H3,(H,30,37). The van der Waals surface area contributed by atoms with Crippen LogP contribution >= 0.6 is 12.2 Å². The van der Waals surface area contributed by atoms with Crippen LogP contribution in [0.1, 0.15) is 23.6 Å². The van der Waals surface area contributed by atoms with Crippen molar-refractivity contribution in [3.63, 3.8) is 0 Å². The zero-order chi connectivity index (χ0) is 25.9. The SMILES string of the molecule is COc1cc(O)c(C2=NN(C(=S)Nc3ccccc3OC)C(c3cccc4ccccc34)C2)c(OC)c1. The monoisotopic (exact) mass is 513 g/mol. The summed E-state index contributed by atoms with van der Waals surface area (Å²) in [5.41, 5.74) is 2.98. The summed E-state index contributed by atoms with van der Waals surface area (Å²) in [6.07, 6.45) is 0.498. The fourth-order valence-corrected chi connectivity index (χ4v) is 4.98. The molecule has 7 nitrogen and oxygen atoms in total. The van der Waals surface area contributed by atoms with Crippen molar-refractivity contribution in [3.05, 3.63) is 90.0 Å². The molecule has 5 rings (SSSR count). The van der Waals surface area contributed by atoms with E-state index in [2.05, 4.69) is 29.6 Å². The maximum Gasteiger partial charge on any atom is 0.194 e. The van der Waals surface area contributed by atoms with E-state index in [1.807, 2.05) is 42.5 Å². The van der Waals surface area contributed by atoms with Crippen LogP contribution in [0.2, 0.25) is 0 Å². The Morgan fingerprint density at radius 3 is 2.43 bits per heavy atom. The Morgan fingerprint density at radius 2 is 1.65 bits per heavy atom. The van der Waals surface area contributed by atoms with Gasteiger partial charge in [0, 0.05) is 18.6 Å². The Labute approximate surface area is 220 Å². The topological polar surface area (TPSA) is 75.6 Å². The van der Waals surface area contributed by atoms with Crippen molar-refractivity contribution in [2.24, 2.45) is 5.10 Å². The van der Waals surface area contributed by atoms with Crippen LogP contribution < -0.4 is 19.5 Å². The van der Waals surface area contributed by atoms with Crippen LogP contribution in [0, 0.1) is 0 Å².